The van der Waals surface area contributed by atoms with Crippen LogP contribution >= 0.6 is 0 Å². The third-order valence-electron chi connectivity index (χ3n) is 3.93. The van der Waals surface area contributed by atoms with Crippen molar-refractivity contribution in [2.24, 2.45) is 5.73 Å². The van der Waals surface area contributed by atoms with E-state index >= 15 is 0 Å². The molecule has 2 N–H and O–H groups in total. The fourth-order valence-electron chi connectivity index (χ4n) is 2.84. The highest BCUT2D eigenvalue weighted by molar-refractivity contribution is 5.55. The molecular formula is C15H22N4. The van der Waals surface area contributed by atoms with Gasteiger partial charge in [-0.15, -0.1) is 0 Å². The minimum Gasteiger partial charge on any atom is -0.353 e. The van der Waals surface area contributed by atoms with E-state index in [1.807, 2.05) is 19.1 Å². The van der Waals surface area contributed by atoms with Crippen molar-refractivity contribution in [3.05, 3.63) is 23.4 Å². The van der Waals surface area contributed by atoms with E-state index in [1.54, 1.807) is 0 Å². The van der Waals surface area contributed by atoms with E-state index in [-0.39, 0.29) is 0 Å². The molecule has 0 unspecified atom stereocenters. The third-order valence-corrected chi connectivity index (χ3v) is 3.93. The van der Waals surface area contributed by atoms with Crippen LogP contribution in [0.4, 0.5) is 5.82 Å². The molecule has 1 aliphatic carbocycles. The van der Waals surface area contributed by atoms with Gasteiger partial charge < -0.3 is 10.6 Å². The highest BCUT2D eigenvalue weighted by Crippen LogP contribution is 2.27. The monoisotopic (exact) mass is 258 g/mol. The summed E-state index contributed by atoms with van der Waals surface area (Å²) in [6.07, 6.45) is 4.31. The van der Waals surface area contributed by atoms with Gasteiger partial charge in [-0.05, 0) is 51.7 Å². The number of rotatable bonds is 3. The molecule has 4 heteroatoms. The fourth-order valence-corrected chi connectivity index (χ4v) is 2.84. The molecule has 1 aliphatic rings. The molecule has 0 spiro atoms. The second-order valence-corrected chi connectivity index (χ2v) is 5.29. The van der Waals surface area contributed by atoms with Crippen LogP contribution < -0.4 is 10.6 Å². The molecule has 102 valence electrons. The summed E-state index contributed by atoms with van der Waals surface area (Å²) in [7, 11) is 0. The number of aromatic nitrogens is 1. The first kappa shape index (κ1) is 13.8. The standard InChI is InChI=1S/C15H22N4/c1-3-19(14-8-6-13(17)7-9-14)15-12(10-16)5-4-11(2)18-15/h4-5,13-14H,3,6-9,17H2,1-2H3. The molecule has 4 nitrogen and oxygen atoms in total. The molecule has 1 aromatic rings. The van der Waals surface area contributed by atoms with E-state index in [0.29, 0.717) is 17.6 Å². The van der Waals surface area contributed by atoms with Gasteiger partial charge in [0.2, 0.25) is 0 Å². The molecule has 0 saturated heterocycles. The number of hydrogen-bond acceptors (Lipinski definition) is 4. The average Bonchev–Trinajstić information content (AvgIpc) is 2.42. The molecule has 19 heavy (non-hydrogen) atoms. The Hall–Kier alpha value is -1.60. The molecule has 1 aromatic heterocycles. The van der Waals surface area contributed by atoms with Gasteiger partial charge >= 0.3 is 0 Å². The van der Waals surface area contributed by atoms with Crippen LogP contribution in [0.15, 0.2) is 12.1 Å². The Morgan fingerprint density at radius 1 is 1.37 bits per heavy atom. The van der Waals surface area contributed by atoms with E-state index < -0.39 is 0 Å². The summed E-state index contributed by atoms with van der Waals surface area (Å²) in [5.41, 5.74) is 7.60. The summed E-state index contributed by atoms with van der Waals surface area (Å²) >= 11 is 0. The molecule has 0 bridgehead atoms. The van der Waals surface area contributed by atoms with Crippen LogP contribution in [0.25, 0.3) is 0 Å². The molecule has 0 aliphatic heterocycles. The summed E-state index contributed by atoms with van der Waals surface area (Å²) in [5.74, 6) is 0.838. The Labute approximate surface area is 115 Å². The maximum Gasteiger partial charge on any atom is 0.147 e. The zero-order valence-corrected chi connectivity index (χ0v) is 11.8. The number of hydrogen-bond donors (Lipinski definition) is 1. The van der Waals surface area contributed by atoms with Crippen molar-refractivity contribution in [3.63, 3.8) is 0 Å². The first-order valence-electron chi connectivity index (χ1n) is 7.05. The van der Waals surface area contributed by atoms with Gasteiger partial charge in [-0.25, -0.2) is 4.98 Å². The third kappa shape index (κ3) is 3.05. The number of nitrogens with zero attached hydrogens (tertiary/aromatic N) is 3. The van der Waals surface area contributed by atoms with Crippen molar-refractivity contribution in [2.75, 3.05) is 11.4 Å². The zero-order chi connectivity index (χ0) is 13.8. The lowest BCUT2D eigenvalue weighted by molar-refractivity contribution is 0.376. The molecule has 1 fully saturated rings. The van der Waals surface area contributed by atoms with Crippen molar-refractivity contribution >= 4 is 5.82 Å². The van der Waals surface area contributed by atoms with Gasteiger partial charge in [0.15, 0.2) is 0 Å². The number of nitrogens with two attached hydrogens (primary N) is 1. The fraction of sp³-hybridized carbons (Fsp3) is 0.600. The summed E-state index contributed by atoms with van der Waals surface area (Å²) in [5, 5.41) is 9.26. The highest BCUT2D eigenvalue weighted by atomic mass is 15.2. The second-order valence-electron chi connectivity index (χ2n) is 5.29. The lowest BCUT2D eigenvalue weighted by Crippen LogP contribution is -2.41. The molecule has 0 radical (unpaired) electrons. The topological polar surface area (TPSA) is 65.9 Å². The summed E-state index contributed by atoms with van der Waals surface area (Å²) < 4.78 is 0. The van der Waals surface area contributed by atoms with Gasteiger partial charge in [0.25, 0.3) is 0 Å². The maximum absolute atomic E-state index is 9.26. The lowest BCUT2D eigenvalue weighted by Gasteiger charge is -2.36. The Morgan fingerprint density at radius 2 is 2.05 bits per heavy atom. The normalized spacial score (nSPS) is 22.8. The molecule has 1 saturated carbocycles. The minimum atomic E-state index is 0.343. The van der Waals surface area contributed by atoms with E-state index in [9.17, 15) is 5.26 Å². The minimum absolute atomic E-state index is 0.343. The number of pyridine rings is 1. The van der Waals surface area contributed by atoms with Crippen molar-refractivity contribution in [1.82, 2.24) is 4.98 Å². The van der Waals surface area contributed by atoms with Crippen molar-refractivity contribution < 1.29 is 0 Å². The van der Waals surface area contributed by atoms with Gasteiger partial charge in [0, 0.05) is 24.3 Å². The molecule has 0 amide bonds. The predicted octanol–water partition coefficient (Wildman–Crippen LogP) is 2.36. The van der Waals surface area contributed by atoms with E-state index in [4.69, 9.17) is 5.73 Å². The Kier molecular flexibility index (Phi) is 4.39. The first-order valence-corrected chi connectivity index (χ1v) is 7.05. The summed E-state index contributed by atoms with van der Waals surface area (Å²) in [4.78, 5) is 6.86. The number of anilines is 1. The Morgan fingerprint density at radius 3 is 2.63 bits per heavy atom. The first-order chi connectivity index (χ1) is 9.15. The van der Waals surface area contributed by atoms with Crippen molar-refractivity contribution in [1.29, 1.82) is 5.26 Å². The van der Waals surface area contributed by atoms with Crippen molar-refractivity contribution in [2.45, 2.75) is 51.6 Å². The maximum atomic E-state index is 9.26. The van der Waals surface area contributed by atoms with E-state index in [0.717, 1.165) is 43.7 Å². The van der Waals surface area contributed by atoms with Crippen LogP contribution in [0.2, 0.25) is 0 Å². The SMILES string of the molecule is CCN(c1nc(C)ccc1C#N)C1CCC(N)CC1. The smallest absolute Gasteiger partial charge is 0.147 e. The van der Waals surface area contributed by atoms with Crippen LogP contribution in [-0.2, 0) is 0 Å². The van der Waals surface area contributed by atoms with Gasteiger partial charge in [0.1, 0.15) is 11.9 Å². The predicted molar refractivity (Wildman–Crippen MR) is 76.9 cm³/mol. The van der Waals surface area contributed by atoms with Gasteiger partial charge in [-0.2, -0.15) is 5.26 Å². The molecule has 0 aromatic carbocycles. The van der Waals surface area contributed by atoms with Gasteiger partial charge in [-0.3, -0.25) is 0 Å². The van der Waals surface area contributed by atoms with Crippen LogP contribution in [-0.4, -0.2) is 23.6 Å². The molecule has 1 heterocycles. The largest absolute Gasteiger partial charge is 0.353 e. The Balaban J connectivity index is 2.27. The lowest BCUT2D eigenvalue weighted by atomic mass is 9.90. The molecule has 0 atom stereocenters. The molecule has 2 rings (SSSR count). The van der Waals surface area contributed by atoms with E-state index in [1.165, 1.54) is 0 Å². The Bertz CT molecular complexity index is 470. The molecular weight excluding hydrogens is 236 g/mol. The highest BCUT2D eigenvalue weighted by Gasteiger charge is 2.25. The average molecular weight is 258 g/mol. The summed E-state index contributed by atoms with van der Waals surface area (Å²) in [6.45, 7) is 4.97. The number of aryl methyl sites for hydroxylation is 1. The zero-order valence-electron chi connectivity index (χ0n) is 11.8. The van der Waals surface area contributed by atoms with Gasteiger partial charge in [0.05, 0.1) is 5.56 Å². The van der Waals surface area contributed by atoms with E-state index in [2.05, 4.69) is 22.9 Å². The van der Waals surface area contributed by atoms with Gasteiger partial charge in [-0.1, -0.05) is 0 Å². The van der Waals surface area contributed by atoms with Crippen LogP contribution in [0.3, 0.4) is 0 Å². The second kappa shape index (κ2) is 6.03. The summed E-state index contributed by atoms with van der Waals surface area (Å²) in [6, 6.07) is 6.83. The van der Waals surface area contributed by atoms with Crippen LogP contribution in [0.1, 0.15) is 43.9 Å². The van der Waals surface area contributed by atoms with Crippen molar-refractivity contribution in [3.8, 4) is 6.07 Å². The quantitative estimate of drug-likeness (QED) is 0.903. The number of nitriles is 1. The van der Waals surface area contributed by atoms with Crippen LogP contribution in [0, 0.1) is 18.3 Å². The van der Waals surface area contributed by atoms with Crippen LogP contribution in [0.5, 0.6) is 0 Å².